The number of pyridine rings is 1. The summed E-state index contributed by atoms with van der Waals surface area (Å²) in [6, 6.07) is 3.63. The summed E-state index contributed by atoms with van der Waals surface area (Å²) < 4.78 is 0. The van der Waals surface area contributed by atoms with Crippen molar-refractivity contribution in [3.05, 3.63) is 40.1 Å². The second-order valence-electron chi connectivity index (χ2n) is 6.90. The van der Waals surface area contributed by atoms with E-state index in [1.165, 1.54) is 0 Å². The Hall–Kier alpha value is -2.32. The molecule has 0 radical (unpaired) electrons. The highest BCUT2D eigenvalue weighted by Gasteiger charge is 2.46. The highest BCUT2D eigenvalue weighted by molar-refractivity contribution is 7.09. The third-order valence-corrected chi connectivity index (χ3v) is 5.63. The number of oxime groups is 1. The number of aryl methyl sites for hydroxylation is 2. The zero-order chi connectivity index (χ0) is 18.1. The van der Waals surface area contributed by atoms with E-state index in [2.05, 4.69) is 30.7 Å². The van der Waals surface area contributed by atoms with Gasteiger partial charge in [-0.3, -0.25) is 14.7 Å². The Labute approximate surface area is 156 Å². The van der Waals surface area contributed by atoms with Gasteiger partial charge in [0.15, 0.2) is 5.60 Å². The van der Waals surface area contributed by atoms with Gasteiger partial charge in [-0.1, -0.05) is 5.16 Å². The van der Waals surface area contributed by atoms with Crippen LogP contribution in [0, 0.1) is 13.8 Å². The number of rotatable bonds is 4. The second-order valence-corrected chi connectivity index (χ2v) is 7.96. The molecule has 0 bridgehead atoms. The number of nitrogens with zero attached hydrogens (tertiary/aromatic N) is 4. The van der Waals surface area contributed by atoms with Crippen molar-refractivity contribution < 1.29 is 9.63 Å². The first-order valence-electron chi connectivity index (χ1n) is 8.64. The molecule has 0 aromatic carbocycles. The van der Waals surface area contributed by atoms with E-state index in [1.807, 2.05) is 19.9 Å². The second kappa shape index (κ2) is 6.77. The molecule has 7 nitrogen and oxygen atoms in total. The number of anilines is 1. The first-order chi connectivity index (χ1) is 12.5. The van der Waals surface area contributed by atoms with Crippen LogP contribution in [0.25, 0.3) is 0 Å². The predicted molar refractivity (Wildman–Crippen MR) is 100 cm³/mol. The van der Waals surface area contributed by atoms with Gasteiger partial charge in [0, 0.05) is 44.1 Å². The molecule has 0 saturated carbocycles. The first-order valence-corrected chi connectivity index (χ1v) is 9.52. The minimum Gasteiger partial charge on any atom is -0.387 e. The first kappa shape index (κ1) is 17.1. The van der Waals surface area contributed by atoms with Crippen molar-refractivity contribution in [3.63, 3.8) is 0 Å². The van der Waals surface area contributed by atoms with Crippen molar-refractivity contribution in [3.8, 4) is 0 Å². The van der Waals surface area contributed by atoms with Crippen LogP contribution in [0.15, 0.2) is 28.9 Å². The van der Waals surface area contributed by atoms with Crippen molar-refractivity contribution in [1.82, 2.24) is 14.9 Å². The maximum Gasteiger partial charge on any atom is 0.273 e. The van der Waals surface area contributed by atoms with E-state index in [0.29, 0.717) is 17.8 Å². The zero-order valence-corrected chi connectivity index (χ0v) is 15.7. The van der Waals surface area contributed by atoms with Gasteiger partial charge < -0.3 is 10.2 Å². The van der Waals surface area contributed by atoms with E-state index in [1.54, 1.807) is 23.6 Å². The molecule has 4 rings (SSSR count). The number of carbonyl (C=O) groups excluding carboxylic acids is 1. The van der Waals surface area contributed by atoms with E-state index >= 15 is 0 Å². The summed E-state index contributed by atoms with van der Waals surface area (Å²) in [7, 11) is 0. The van der Waals surface area contributed by atoms with Crippen molar-refractivity contribution in [2.45, 2.75) is 38.8 Å². The third kappa shape index (κ3) is 3.47. The number of thiazole rings is 1. The largest absolute Gasteiger partial charge is 0.387 e. The van der Waals surface area contributed by atoms with Crippen molar-refractivity contribution in [2.24, 2.45) is 5.16 Å². The van der Waals surface area contributed by atoms with E-state index in [4.69, 9.17) is 4.84 Å². The number of hydrogen-bond donors (Lipinski definition) is 1. The minimum absolute atomic E-state index is 0.216. The minimum atomic E-state index is -0.387. The molecule has 136 valence electrons. The Kier molecular flexibility index (Phi) is 4.46. The van der Waals surface area contributed by atoms with E-state index in [-0.39, 0.29) is 11.5 Å². The topological polar surface area (TPSA) is 79.7 Å². The lowest BCUT2D eigenvalue weighted by Crippen LogP contribution is -2.35. The quantitative estimate of drug-likeness (QED) is 0.893. The fraction of sp³-hybridized carbons (Fsp3) is 0.444. The number of aromatic nitrogens is 2. The fourth-order valence-electron chi connectivity index (χ4n) is 3.45. The van der Waals surface area contributed by atoms with Crippen molar-refractivity contribution in [1.29, 1.82) is 0 Å². The SMILES string of the molecule is Cc1nc(CN2CCC3(CC(C(=O)Nc4cccnc4C)=NO3)C2)cs1. The summed E-state index contributed by atoms with van der Waals surface area (Å²) in [5.74, 6) is -0.216. The predicted octanol–water partition coefficient (Wildman–Crippen LogP) is 2.51. The maximum atomic E-state index is 12.5. The summed E-state index contributed by atoms with van der Waals surface area (Å²) in [6.45, 7) is 6.37. The van der Waals surface area contributed by atoms with Gasteiger partial charge in [-0.05, 0) is 26.0 Å². The number of hydrogen-bond acceptors (Lipinski definition) is 7. The van der Waals surface area contributed by atoms with Crippen LogP contribution >= 0.6 is 11.3 Å². The number of carbonyl (C=O) groups is 1. The highest BCUT2D eigenvalue weighted by atomic mass is 32.1. The molecule has 2 aromatic heterocycles. The highest BCUT2D eigenvalue weighted by Crippen LogP contribution is 2.34. The van der Waals surface area contributed by atoms with Crippen LogP contribution in [0.2, 0.25) is 0 Å². The van der Waals surface area contributed by atoms with Gasteiger partial charge in [0.1, 0.15) is 5.71 Å². The Morgan fingerprint density at radius 1 is 1.46 bits per heavy atom. The Bertz CT molecular complexity index is 865. The van der Waals surface area contributed by atoms with Crippen LogP contribution in [0.4, 0.5) is 5.69 Å². The van der Waals surface area contributed by atoms with Gasteiger partial charge in [0.05, 0.1) is 22.1 Å². The van der Waals surface area contributed by atoms with Gasteiger partial charge in [-0.2, -0.15) is 0 Å². The van der Waals surface area contributed by atoms with E-state index < -0.39 is 0 Å². The van der Waals surface area contributed by atoms with Crippen LogP contribution in [-0.4, -0.2) is 45.2 Å². The monoisotopic (exact) mass is 371 g/mol. The number of likely N-dealkylation sites (tertiary alicyclic amines) is 1. The summed E-state index contributed by atoms with van der Waals surface area (Å²) in [5, 5.41) is 10.1. The van der Waals surface area contributed by atoms with Crippen LogP contribution in [-0.2, 0) is 16.2 Å². The molecule has 1 spiro atoms. The van der Waals surface area contributed by atoms with Crippen LogP contribution < -0.4 is 5.32 Å². The molecule has 1 unspecified atom stereocenters. The Morgan fingerprint density at radius 3 is 3.12 bits per heavy atom. The lowest BCUT2D eigenvalue weighted by atomic mass is 9.96. The molecule has 2 aliphatic rings. The van der Waals surface area contributed by atoms with E-state index in [9.17, 15) is 4.79 Å². The molecule has 1 N–H and O–H groups in total. The fourth-order valence-corrected chi connectivity index (χ4v) is 4.05. The van der Waals surface area contributed by atoms with Gasteiger partial charge in [0.25, 0.3) is 5.91 Å². The molecular weight excluding hydrogens is 350 g/mol. The summed E-state index contributed by atoms with van der Waals surface area (Å²) in [4.78, 5) is 29.3. The third-order valence-electron chi connectivity index (χ3n) is 4.80. The Balaban J connectivity index is 1.35. The molecule has 26 heavy (non-hydrogen) atoms. The average molecular weight is 371 g/mol. The maximum absolute atomic E-state index is 12.5. The van der Waals surface area contributed by atoms with Crippen molar-refractivity contribution >= 4 is 28.6 Å². The summed E-state index contributed by atoms with van der Waals surface area (Å²) in [5.41, 5.74) is 2.63. The van der Waals surface area contributed by atoms with Gasteiger partial charge >= 0.3 is 0 Å². The van der Waals surface area contributed by atoms with E-state index in [0.717, 1.165) is 42.5 Å². The average Bonchev–Trinajstić information content (AvgIpc) is 3.32. The molecular formula is C18H21N5O2S. The van der Waals surface area contributed by atoms with Crippen molar-refractivity contribution in [2.75, 3.05) is 18.4 Å². The number of nitrogens with one attached hydrogen (secondary N) is 1. The standard InChI is InChI=1S/C18H21N5O2S/c1-12-15(4-3-6-19-12)21-17(24)16-8-18(25-22-16)5-7-23(11-18)9-14-10-26-13(2)20-14/h3-4,6,10H,5,7-9,11H2,1-2H3,(H,21,24). The Morgan fingerprint density at radius 2 is 2.35 bits per heavy atom. The smallest absolute Gasteiger partial charge is 0.273 e. The molecule has 4 heterocycles. The molecule has 2 aliphatic heterocycles. The lowest BCUT2D eigenvalue weighted by Gasteiger charge is -2.21. The summed E-state index contributed by atoms with van der Waals surface area (Å²) in [6.07, 6.45) is 3.10. The molecule has 2 aromatic rings. The van der Waals surface area contributed by atoms with Gasteiger partial charge in [0.2, 0.25) is 0 Å². The zero-order valence-electron chi connectivity index (χ0n) is 14.9. The molecule has 1 amide bonds. The molecule has 1 saturated heterocycles. The molecule has 8 heteroatoms. The van der Waals surface area contributed by atoms with Crippen LogP contribution in [0.1, 0.15) is 29.2 Å². The molecule has 0 aliphatic carbocycles. The lowest BCUT2D eigenvalue weighted by molar-refractivity contribution is -0.110. The number of amides is 1. The molecule has 1 atom stereocenters. The molecule has 1 fully saturated rings. The van der Waals surface area contributed by atoms with Gasteiger partial charge in [-0.15, -0.1) is 11.3 Å². The normalized spacial score (nSPS) is 22.5. The van der Waals surface area contributed by atoms with Crippen LogP contribution in [0.5, 0.6) is 0 Å². The summed E-state index contributed by atoms with van der Waals surface area (Å²) >= 11 is 1.67. The van der Waals surface area contributed by atoms with Gasteiger partial charge in [-0.25, -0.2) is 4.98 Å². The van der Waals surface area contributed by atoms with Crippen LogP contribution in [0.3, 0.4) is 0 Å².